The van der Waals surface area contributed by atoms with Crippen molar-refractivity contribution < 1.29 is 0 Å². The maximum atomic E-state index is 2.28. The molecule has 13 heavy (non-hydrogen) atoms. The Bertz CT molecular complexity index is 137. The molecule has 0 radical (unpaired) electrons. The van der Waals surface area contributed by atoms with Crippen molar-refractivity contribution in [2.45, 2.75) is 52.6 Å². The molecule has 0 spiro atoms. The van der Waals surface area contributed by atoms with E-state index in [0.717, 1.165) is 0 Å². The fraction of sp³-hybridized carbons (Fsp3) is 1.00. The lowest BCUT2D eigenvalue weighted by molar-refractivity contribution is 0.271. The SMILES string of the molecule is CN(SN(C)C(C)(C)C)C(C)(C)C. The Labute approximate surface area is 87.9 Å². The molecule has 0 aromatic rings. The van der Waals surface area contributed by atoms with Crippen LogP contribution in [0.25, 0.3) is 0 Å². The van der Waals surface area contributed by atoms with Gasteiger partial charge in [0, 0.05) is 23.2 Å². The van der Waals surface area contributed by atoms with Crippen LogP contribution in [0, 0.1) is 0 Å². The Morgan fingerprint density at radius 2 is 0.923 bits per heavy atom. The molecule has 2 nitrogen and oxygen atoms in total. The second-order valence-electron chi connectivity index (χ2n) is 5.42. The molecule has 0 saturated carbocycles. The lowest BCUT2D eigenvalue weighted by Gasteiger charge is -2.38. The summed E-state index contributed by atoms with van der Waals surface area (Å²) in [6, 6.07) is 0. The van der Waals surface area contributed by atoms with Gasteiger partial charge in [0.15, 0.2) is 0 Å². The van der Waals surface area contributed by atoms with Gasteiger partial charge in [0.05, 0.1) is 0 Å². The lowest BCUT2D eigenvalue weighted by Crippen LogP contribution is -2.40. The summed E-state index contributed by atoms with van der Waals surface area (Å²) in [6.07, 6.45) is 0. The fourth-order valence-electron chi connectivity index (χ4n) is 0.429. The molecule has 0 rings (SSSR count). The van der Waals surface area contributed by atoms with Crippen LogP contribution in [0.2, 0.25) is 0 Å². The smallest absolute Gasteiger partial charge is 0.0238 e. The molecule has 0 saturated heterocycles. The predicted octanol–water partition coefficient (Wildman–Crippen LogP) is 3.01. The Morgan fingerprint density at radius 3 is 1.08 bits per heavy atom. The van der Waals surface area contributed by atoms with Crippen molar-refractivity contribution >= 4 is 12.1 Å². The summed E-state index contributed by atoms with van der Waals surface area (Å²) in [5, 5.41) is 0. The molecule has 0 heterocycles. The maximum Gasteiger partial charge on any atom is 0.0238 e. The molecular weight excluding hydrogens is 180 g/mol. The molecule has 0 fully saturated rings. The van der Waals surface area contributed by atoms with Gasteiger partial charge in [-0.1, -0.05) is 0 Å². The van der Waals surface area contributed by atoms with Crippen LogP contribution in [0.4, 0.5) is 0 Å². The lowest BCUT2D eigenvalue weighted by atomic mass is 10.1. The highest BCUT2D eigenvalue weighted by molar-refractivity contribution is 7.94. The number of rotatable bonds is 2. The van der Waals surface area contributed by atoms with Crippen molar-refractivity contribution in [2.75, 3.05) is 14.1 Å². The van der Waals surface area contributed by atoms with Crippen molar-refractivity contribution in [3.05, 3.63) is 0 Å². The van der Waals surface area contributed by atoms with E-state index in [1.54, 1.807) is 12.1 Å². The molecule has 0 unspecified atom stereocenters. The minimum absolute atomic E-state index is 0.212. The third-order valence-electron chi connectivity index (χ3n) is 2.13. The van der Waals surface area contributed by atoms with Crippen LogP contribution < -0.4 is 0 Å². The molecule has 0 aromatic carbocycles. The summed E-state index contributed by atoms with van der Waals surface area (Å²) in [5.41, 5.74) is 0.425. The van der Waals surface area contributed by atoms with E-state index in [9.17, 15) is 0 Å². The van der Waals surface area contributed by atoms with E-state index in [1.165, 1.54) is 0 Å². The summed E-state index contributed by atoms with van der Waals surface area (Å²) < 4.78 is 4.55. The van der Waals surface area contributed by atoms with Crippen molar-refractivity contribution in [3.8, 4) is 0 Å². The van der Waals surface area contributed by atoms with Gasteiger partial charge in [0.25, 0.3) is 0 Å². The minimum atomic E-state index is 0.212. The Kier molecular flexibility index (Phi) is 4.28. The first-order chi connectivity index (χ1) is 5.55. The van der Waals surface area contributed by atoms with Crippen LogP contribution in [0.5, 0.6) is 0 Å². The van der Waals surface area contributed by atoms with E-state index < -0.39 is 0 Å². The third-order valence-corrected chi connectivity index (χ3v) is 3.72. The second kappa shape index (κ2) is 4.20. The van der Waals surface area contributed by atoms with E-state index in [2.05, 4.69) is 64.2 Å². The van der Waals surface area contributed by atoms with E-state index >= 15 is 0 Å². The van der Waals surface area contributed by atoms with Crippen LogP contribution in [0.3, 0.4) is 0 Å². The molecule has 0 N–H and O–H groups in total. The second-order valence-corrected chi connectivity index (χ2v) is 6.68. The van der Waals surface area contributed by atoms with Gasteiger partial charge in [-0.15, -0.1) is 0 Å². The zero-order valence-electron chi connectivity index (χ0n) is 10.3. The van der Waals surface area contributed by atoms with Gasteiger partial charge in [-0.2, -0.15) is 0 Å². The van der Waals surface area contributed by atoms with E-state index in [-0.39, 0.29) is 11.1 Å². The summed E-state index contributed by atoms with van der Waals surface area (Å²) >= 11 is 1.78. The molecule has 0 aliphatic rings. The first-order valence-electron chi connectivity index (χ1n) is 4.71. The normalized spacial score (nSPS) is 14.3. The highest BCUT2D eigenvalue weighted by Gasteiger charge is 2.24. The number of hydrogen-bond donors (Lipinski definition) is 0. The Balaban J connectivity index is 4.15. The van der Waals surface area contributed by atoms with Crippen molar-refractivity contribution in [2.24, 2.45) is 0 Å². The Morgan fingerprint density at radius 1 is 0.692 bits per heavy atom. The van der Waals surface area contributed by atoms with Gasteiger partial charge in [-0.05, 0) is 55.6 Å². The Hall–Kier alpha value is 0.270. The maximum absolute atomic E-state index is 2.28. The molecule has 0 aliphatic heterocycles. The molecule has 0 amide bonds. The largest absolute Gasteiger partial charge is 0.235 e. The van der Waals surface area contributed by atoms with E-state index in [1.807, 2.05) is 0 Å². The van der Waals surface area contributed by atoms with Crippen LogP contribution in [0.1, 0.15) is 41.5 Å². The van der Waals surface area contributed by atoms with Gasteiger partial charge < -0.3 is 0 Å². The summed E-state index contributed by atoms with van der Waals surface area (Å²) in [4.78, 5) is 0. The van der Waals surface area contributed by atoms with Crippen LogP contribution in [0.15, 0.2) is 0 Å². The van der Waals surface area contributed by atoms with Gasteiger partial charge in [-0.25, -0.2) is 8.61 Å². The molecular formula is C10H24N2S. The average Bonchev–Trinajstić information content (AvgIpc) is 1.82. The van der Waals surface area contributed by atoms with Crippen molar-refractivity contribution in [3.63, 3.8) is 0 Å². The first-order valence-corrected chi connectivity index (χ1v) is 5.44. The van der Waals surface area contributed by atoms with Gasteiger partial charge in [-0.3, -0.25) is 0 Å². The zero-order chi connectivity index (χ0) is 10.9. The van der Waals surface area contributed by atoms with Crippen LogP contribution >= 0.6 is 12.1 Å². The third kappa shape index (κ3) is 4.89. The average molecular weight is 204 g/mol. The zero-order valence-corrected chi connectivity index (χ0v) is 11.1. The topological polar surface area (TPSA) is 6.48 Å². The molecule has 80 valence electrons. The monoisotopic (exact) mass is 204 g/mol. The fourth-order valence-corrected chi connectivity index (χ4v) is 1.29. The highest BCUT2D eigenvalue weighted by Crippen LogP contribution is 2.27. The highest BCUT2D eigenvalue weighted by atomic mass is 32.2. The first kappa shape index (κ1) is 13.3. The molecule has 0 bridgehead atoms. The van der Waals surface area contributed by atoms with Crippen molar-refractivity contribution in [1.29, 1.82) is 0 Å². The van der Waals surface area contributed by atoms with Gasteiger partial charge in [0.2, 0.25) is 0 Å². The molecule has 0 atom stereocenters. The quantitative estimate of drug-likeness (QED) is 0.638. The molecule has 0 aliphatic carbocycles. The minimum Gasteiger partial charge on any atom is -0.235 e. The molecule has 0 aromatic heterocycles. The standard InChI is InChI=1S/C10H24N2S/c1-9(2,3)11(7)13-12(8)10(4,5)6/h1-8H3. The van der Waals surface area contributed by atoms with Crippen LogP contribution in [-0.4, -0.2) is 33.8 Å². The van der Waals surface area contributed by atoms with Gasteiger partial charge >= 0.3 is 0 Å². The number of nitrogens with zero attached hydrogens (tertiary/aromatic N) is 2. The van der Waals surface area contributed by atoms with Crippen molar-refractivity contribution in [1.82, 2.24) is 8.61 Å². The number of hydrogen-bond acceptors (Lipinski definition) is 3. The summed E-state index contributed by atoms with van der Waals surface area (Å²) in [7, 11) is 4.26. The van der Waals surface area contributed by atoms with E-state index in [4.69, 9.17) is 0 Å². The predicted molar refractivity (Wildman–Crippen MR) is 62.6 cm³/mol. The molecule has 3 heteroatoms. The van der Waals surface area contributed by atoms with Gasteiger partial charge in [0.1, 0.15) is 0 Å². The van der Waals surface area contributed by atoms with E-state index in [0.29, 0.717) is 0 Å². The summed E-state index contributed by atoms with van der Waals surface area (Å²) in [5.74, 6) is 0. The summed E-state index contributed by atoms with van der Waals surface area (Å²) in [6.45, 7) is 13.3. The van der Waals surface area contributed by atoms with Crippen LogP contribution in [-0.2, 0) is 0 Å².